The van der Waals surface area contributed by atoms with Crippen molar-refractivity contribution in [1.29, 1.82) is 0 Å². The summed E-state index contributed by atoms with van der Waals surface area (Å²) in [6.07, 6.45) is -3.12. The molecule has 7 nitrogen and oxygen atoms in total. The van der Waals surface area contributed by atoms with Gasteiger partial charge in [-0.1, -0.05) is 0 Å². The summed E-state index contributed by atoms with van der Waals surface area (Å²) in [5, 5.41) is 36.6. The van der Waals surface area contributed by atoms with Crippen LogP contribution in [0.15, 0.2) is 0 Å². The second-order valence-corrected chi connectivity index (χ2v) is 4.94. The maximum atomic E-state index is 11.1. The molecule has 4 N–H and O–H groups in total. The number of ether oxygens (including phenoxy) is 1. The van der Waals surface area contributed by atoms with Crippen LogP contribution in [0.3, 0.4) is 0 Å². The van der Waals surface area contributed by atoms with E-state index in [1.807, 2.05) is 0 Å². The third kappa shape index (κ3) is 0.766. The number of rotatable bonds is 2. The van der Waals surface area contributed by atoms with Gasteiger partial charge in [-0.2, -0.15) is 0 Å². The average Bonchev–Trinajstić information content (AvgIpc) is 2.50. The van der Waals surface area contributed by atoms with Gasteiger partial charge in [-0.3, -0.25) is 4.21 Å². The van der Waals surface area contributed by atoms with E-state index in [4.69, 9.17) is 10.2 Å². The second-order valence-electron chi connectivity index (χ2n) is 3.19. The largest absolute Gasteiger partial charge is 0.452 e. The maximum Gasteiger partial charge on any atom is 0.356 e. The number of hydrogen-bond acceptors (Lipinski definition) is 7. The first-order valence-corrected chi connectivity index (χ1v) is 4.92. The summed E-state index contributed by atoms with van der Waals surface area (Å²) in [5.74, 6) is -1.24. The summed E-state index contributed by atoms with van der Waals surface area (Å²) < 4.78 is 15.5. The monoisotopic (exact) mass is 224 g/mol. The van der Waals surface area contributed by atoms with E-state index in [0.29, 0.717) is 0 Å². The fourth-order valence-electron chi connectivity index (χ4n) is 1.53. The van der Waals surface area contributed by atoms with Gasteiger partial charge in [0.25, 0.3) is 4.93 Å². The fourth-order valence-corrected chi connectivity index (χ4v) is 3.04. The average molecular weight is 224 g/mol. The number of esters is 1. The molecule has 2 rings (SSSR count). The molecule has 2 fully saturated rings. The van der Waals surface area contributed by atoms with Crippen LogP contribution in [0.25, 0.3) is 0 Å². The van der Waals surface area contributed by atoms with Crippen LogP contribution in [-0.4, -0.2) is 59.3 Å². The van der Waals surface area contributed by atoms with E-state index in [1.165, 1.54) is 0 Å². The Morgan fingerprint density at radius 1 is 1.57 bits per heavy atom. The van der Waals surface area contributed by atoms with E-state index < -0.39 is 45.4 Å². The Hall–Kier alpha value is -0.540. The minimum Gasteiger partial charge on any atom is -0.452 e. The Labute approximate surface area is 80.4 Å². The highest BCUT2D eigenvalue weighted by Crippen LogP contribution is 2.57. The molecule has 8 heteroatoms. The van der Waals surface area contributed by atoms with Crippen LogP contribution in [0.1, 0.15) is 0 Å². The van der Waals surface area contributed by atoms with E-state index >= 15 is 0 Å². The molecule has 2 saturated heterocycles. The molecular weight excluding hydrogens is 216 g/mol. The summed E-state index contributed by atoms with van der Waals surface area (Å²) in [6, 6.07) is 0. The van der Waals surface area contributed by atoms with Crippen molar-refractivity contribution in [3.05, 3.63) is 0 Å². The fraction of sp³-hybridized carbons (Fsp3) is 0.833. The minimum atomic E-state index is -2.44. The number of fused-ring (bicyclic) bond motifs is 1. The lowest BCUT2D eigenvalue weighted by Crippen LogP contribution is -2.42. The summed E-state index contributed by atoms with van der Waals surface area (Å²) in [5.41, 5.74) is 0. The van der Waals surface area contributed by atoms with Crippen LogP contribution in [0.2, 0.25) is 0 Å². The van der Waals surface area contributed by atoms with Crippen molar-refractivity contribution in [1.82, 2.24) is 0 Å². The molecule has 5 atom stereocenters. The van der Waals surface area contributed by atoms with Crippen molar-refractivity contribution in [2.24, 2.45) is 0 Å². The highest BCUT2D eigenvalue weighted by molar-refractivity contribution is 7.96. The Morgan fingerprint density at radius 3 is 2.50 bits per heavy atom. The van der Waals surface area contributed by atoms with Gasteiger partial charge in [0.15, 0.2) is 6.10 Å². The van der Waals surface area contributed by atoms with Crippen molar-refractivity contribution >= 4 is 16.8 Å². The van der Waals surface area contributed by atoms with E-state index in [1.54, 1.807) is 0 Å². The first-order valence-electron chi connectivity index (χ1n) is 3.77. The number of cyclic esters (lactones) is 1. The number of aliphatic hydroxyl groups excluding tert-OH is 2. The van der Waals surface area contributed by atoms with Crippen molar-refractivity contribution < 1.29 is 34.2 Å². The van der Waals surface area contributed by atoms with Crippen molar-refractivity contribution in [3.8, 4) is 0 Å². The van der Waals surface area contributed by atoms with Gasteiger partial charge in [-0.05, 0) is 0 Å². The Kier molecular flexibility index (Phi) is 1.80. The van der Waals surface area contributed by atoms with Gasteiger partial charge in [-0.15, -0.1) is 0 Å². The van der Waals surface area contributed by atoms with Crippen LogP contribution >= 0.6 is 0 Å². The summed E-state index contributed by atoms with van der Waals surface area (Å²) in [6.45, 7) is -0.770. The van der Waals surface area contributed by atoms with E-state index in [0.717, 1.165) is 0 Å². The van der Waals surface area contributed by atoms with E-state index in [9.17, 15) is 19.2 Å². The highest BCUT2D eigenvalue weighted by atomic mass is 32.2. The molecule has 80 valence electrons. The van der Waals surface area contributed by atoms with Gasteiger partial charge in [0.05, 0.1) is 6.61 Å². The number of hydrogen-bond donors (Lipinski definition) is 4. The first-order chi connectivity index (χ1) is 6.40. The number of carbonyl (C=O) groups is 1. The van der Waals surface area contributed by atoms with Crippen LogP contribution < -0.4 is 0 Å². The molecule has 0 radical (unpaired) electrons. The predicted octanol–water partition coefficient (Wildman–Crippen LogP) is -3.60. The van der Waals surface area contributed by atoms with Crippen molar-refractivity contribution in [2.45, 2.75) is 22.1 Å². The maximum absolute atomic E-state index is 11.1. The zero-order valence-electron chi connectivity index (χ0n) is 6.78. The van der Waals surface area contributed by atoms with Gasteiger partial charge in [0.2, 0.25) is 4.93 Å². The van der Waals surface area contributed by atoms with Crippen LogP contribution in [-0.2, 0) is 20.3 Å². The van der Waals surface area contributed by atoms with Gasteiger partial charge in [0.1, 0.15) is 16.9 Å². The Balaban J connectivity index is 2.34. The lowest BCUT2D eigenvalue weighted by atomic mass is 10.1. The van der Waals surface area contributed by atoms with Gasteiger partial charge < -0.3 is 25.2 Å². The molecule has 2 heterocycles. The molecular formula is C6H8O7S. The molecule has 2 aliphatic heterocycles. The third-order valence-corrected chi connectivity index (χ3v) is 4.33. The first kappa shape index (κ1) is 9.99. The SMILES string of the molecule is O=C1O[C@H]([C@@H](O)CO)[C@@]2(O)S(=O)[C@@]12O. The van der Waals surface area contributed by atoms with E-state index in [2.05, 4.69) is 4.74 Å². The molecule has 0 aliphatic carbocycles. The zero-order valence-corrected chi connectivity index (χ0v) is 7.60. The van der Waals surface area contributed by atoms with Crippen LogP contribution in [0, 0.1) is 0 Å². The van der Waals surface area contributed by atoms with Crippen molar-refractivity contribution in [3.63, 3.8) is 0 Å². The molecule has 0 spiro atoms. The molecule has 0 saturated carbocycles. The van der Waals surface area contributed by atoms with E-state index in [-0.39, 0.29) is 0 Å². The predicted molar refractivity (Wildman–Crippen MR) is 41.0 cm³/mol. The molecule has 0 bridgehead atoms. The van der Waals surface area contributed by atoms with Gasteiger partial charge in [0, 0.05) is 0 Å². The third-order valence-electron chi connectivity index (χ3n) is 2.43. The summed E-state index contributed by atoms with van der Waals surface area (Å²) in [4.78, 5) is 6.24. The Morgan fingerprint density at radius 2 is 2.14 bits per heavy atom. The minimum absolute atomic E-state index is 0.770. The number of aliphatic hydroxyl groups is 4. The second kappa shape index (κ2) is 2.52. The molecule has 2 aliphatic rings. The standard InChI is InChI=1S/C6H8O7S/c7-1-2(8)3-5(10)6(11,14(5)12)4(9)13-3/h2-3,7-8,10-11H,1H2/t2-,3+,5+,6-,14?/m0/s1. The normalized spacial score (nSPS) is 52.4. The highest BCUT2D eigenvalue weighted by Gasteiger charge is 2.91. The zero-order chi connectivity index (χ0) is 10.7. The molecule has 0 aromatic heterocycles. The van der Waals surface area contributed by atoms with Gasteiger partial charge in [-0.25, -0.2) is 4.79 Å². The lowest BCUT2D eigenvalue weighted by Gasteiger charge is -2.18. The molecule has 1 unspecified atom stereocenters. The molecule has 0 aromatic carbocycles. The molecule has 0 amide bonds. The number of carbonyl (C=O) groups excluding carboxylic acids is 1. The smallest absolute Gasteiger partial charge is 0.356 e. The lowest BCUT2D eigenvalue weighted by molar-refractivity contribution is -0.153. The topological polar surface area (TPSA) is 124 Å². The molecule has 0 aromatic rings. The van der Waals surface area contributed by atoms with Crippen LogP contribution in [0.4, 0.5) is 0 Å². The van der Waals surface area contributed by atoms with Crippen molar-refractivity contribution in [2.75, 3.05) is 6.61 Å². The summed E-state index contributed by atoms with van der Waals surface area (Å²) in [7, 11) is -2.20. The van der Waals surface area contributed by atoms with Crippen LogP contribution in [0.5, 0.6) is 0 Å². The van der Waals surface area contributed by atoms with Gasteiger partial charge >= 0.3 is 5.97 Å². The summed E-state index contributed by atoms with van der Waals surface area (Å²) >= 11 is 0. The quantitative estimate of drug-likeness (QED) is 0.282. The Bertz CT molecular complexity index is 320. The molecule has 14 heavy (non-hydrogen) atoms.